The molecule has 0 N–H and O–H groups in total. The van der Waals surface area contributed by atoms with Crippen LogP contribution >= 0.6 is 0 Å². The summed E-state index contributed by atoms with van der Waals surface area (Å²) in [6.45, 7) is 8.37. The van der Waals surface area contributed by atoms with Crippen LogP contribution in [0.2, 0.25) is 0 Å². The lowest BCUT2D eigenvalue weighted by Crippen LogP contribution is -2.41. The quantitative estimate of drug-likeness (QED) is 0.156. The summed E-state index contributed by atoms with van der Waals surface area (Å²) in [7, 11) is -0.408. The fraction of sp³-hybridized carbons (Fsp3) is 0.143. The molecule has 9 rings (SSSR count). The first-order valence-corrected chi connectivity index (χ1v) is 18.6. The van der Waals surface area contributed by atoms with Gasteiger partial charge < -0.3 is 14.2 Å². The third kappa shape index (κ3) is 5.98. The van der Waals surface area contributed by atoms with Crippen molar-refractivity contribution in [3.8, 4) is 33.4 Å². The van der Waals surface area contributed by atoms with E-state index < -0.39 is 18.3 Å². The lowest BCUT2D eigenvalue weighted by Gasteiger charge is -2.32. The molecule has 0 bridgehead atoms. The standard InChI is InChI=1S/C49H42BNO2/c1-48(2)49(3,4)53-50(52-48)39-24-30-42(31-25-39)51(40-26-19-35(20-27-40)34-13-7-5-8-14-34)41-28-21-36(22-29-41)38-23-32-45-46(33-38)43-17-11-12-18-44(43)47(45)37-15-9-6-10-16-37/h5-33,47H,1-4H3. The van der Waals surface area contributed by atoms with Gasteiger partial charge in [-0.25, -0.2) is 0 Å². The van der Waals surface area contributed by atoms with Gasteiger partial charge in [0.2, 0.25) is 0 Å². The lowest BCUT2D eigenvalue weighted by molar-refractivity contribution is 0.00578. The van der Waals surface area contributed by atoms with Crippen molar-refractivity contribution in [1.82, 2.24) is 0 Å². The molecule has 1 unspecified atom stereocenters. The topological polar surface area (TPSA) is 21.7 Å². The molecule has 4 heteroatoms. The van der Waals surface area contributed by atoms with Gasteiger partial charge in [0.05, 0.1) is 11.2 Å². The van der Waals surface area contributed by atoms with Gasteiger partial charge in [-0.3, -0.25) is 0 Å². The van der Waals surface area contributed by atoms with Crippen molar-refractivity contribution in [3.63, 3.8) is 0 Å². The zero-order valence-corrected chi connectivity index (χ0v) is 30.7. The molecule has 0 spiro atoms. The molecule has 0 radical (unpaired) electrons. The van der Waals surface area contributed by atoms with Crippen LogP contribution in [0.15, 0.2) is 176 Å². The summed E-state index contributed by atoms with van der Waals surface area (Å²) >= 11 is 0. The zero-order chi connectivity index (χ0) is 36.2. The van der Waals surface area contributed by atoms with Crippen LogP contribution in [-0.2, 0) is 9.31 Å². The highest BCUT2D eigenvalue weighted by Crippen LogP contribution is 2.49. The van der Waals surface area contributed by atoms with Crippen molar-refractivity contribution in [2.45, 2.75) is 44.8 Å². The summed E-state index contributed by atoms with van der Waals surface area (Å²) in [6, 6.07) is 63.6. The van der Waals surface area contributed by atoms with Crippen LogP contribution in [0.5, 0.6) is 0 Å². The van der Waals surface area contributed by atoms with Crippen LogP contribution in [0.25, 0.3) is 33.4 Å². The molecule has 1 aliphatic carbocycles. The molecule has 53 heavy (non-hydrogen) atoms. The van der Waals surface area contributed by atoms with Crippen LogP contribution < -0.4 is 10.4 Å². The fourth-order valence-corrected chi connectivity index (χ4v) is 7.83. The van der Waals surface area contributed by atoms with Crippen molar-refractivity contribution in [2.75, 3.05) is 4.90 Å². The van der Waals surface area contributed by atoms with Gasteiger partial charge in [-0.05, 0) is 126 Å². The number of rotatable bonds is 7. The van der Waals surface area contributed by atoms with E-state index >= 15 is 0 Å². The van der Waals surface area contributed by atoms with E-state index in [1.165, 1.54) is 50.1 Å². The molecule has 0 saturated carbocycles. The monoisotopic (exact) mass is 687 g/mol. The number of fused-ring (bicyclic) bond motifs is 3. The van der Waals surface area contributed by atoms with Gasteiger partial charge in [0.15, 0.2) is 0 Å². The zero-order valence-electron chi connectivity index (χ0n) is 30.7. The molecule has 0 aromatic heterocycles. The van der Waals surface area contributed by atoms with Gasteiger partial charge in [-0.2, -0.15) is 0 Å². The van der Waals surface area contributed by atoms with Crippen molar-refractivity contribution >= 4 is 29.6 Å². The Morgan fingerprint density at radius 1 is 0.434 bits per heavy atom. The molecule has 7 aromatic rings. The first-order chi connectivity index (χ1) is 25.8. The number of hydrogen-bond donors (Lipinski definition) is 0. The summed E-state index contributed by atoms with van der Waals surface area (Å²) in [5.74, 6) is 0.247. The largest absolute Gasteiger partial charge is 0.494 e. The highest BCUT2D eigenvalue weighted by molar-refractivity contribution is 6.62. The maximum Gasteiger partial charge on any atom is 0.494 e. The Morgan fingerprint density at radius 3 is 1.49 bits per heavy atom. The first kappa shape index (κ1) is 33.2. The summed E-state index contributed by atoms with van der Waals surface area (Å²) in [4.78, 5) is 2.32. The molecular weight excluding hydrogens is 645 g/mol. The van der Waals surface area contributed by atoms with E-state index in [1.54, 1.807) is 0 Å². The predicted octanol–water partition coefficient (Wildman–Crippen LogP) is 12.0. The predicted molar refractivity (Wildman–Crippen MR) is 221 cm³/mol. The van der Waals surface area contributed by atoms with Crippen LogP contribution in [0.4, 0.5) is 17.1 Å². The maximum atomic E-state index is 6.37. The lowest BCUT2D eigenvalue weighted by atomic mass is 9.79. The normalized spacial score (nSPS) is 16.6. The number of hydrogen-bond acceptors (Lipinski definition) is 3. The summed E-state index contributed by atoms with van der Waals surface area (Å²) in [5, 5.41) is 0. The molecule has 7 aromatic carbocycles. The van der Waals surface area contributed by atoms with Gasteiger partial charge >= 0.3 is 7.12 Å². The maximum absolute atomic E-state index is 6.37. The molecule has 1 heterocycles. The summed E-state index contributed by atoms with van der Waals surface area (Å²) in [6.07, 6.45) is 0. The van der Waals surface area contributed by atoms with Crippen LogP contribution in [0.3, 0.4) is 0 Å². The molecule has 1 aliphatic heterocycles. The average Bonchev–Trinajstić information content (AvgIpc) is 3.64. The van der Waals surface area contributed by atoms with Gasteiger partial charge in [0, 0.05) is 23.0 Å². The second-order valence-electron chi connectivity index (χ2n) is 15.2. The van der Waals surface area contributed by atoms with Crippen molar-refractivity contribution < 1.29 is 9.31 Å². The highest BCUT2D eigenvalue weighted by Gasteiger charge is 2.51. The van der Waals surface area contributed by atoms with E-state index in [0.717, 1.165) is 22.5 Å². The van der Waals surface area contributed by atoms with E-state index in [-0.39, 0.29) is 5.92 Å². The van der Waals surface area contributed by atoms with E-state index in [0.29, 0.717) is 0 Å². The van der Waals surface area contributed by atoms with E-state index in [4.69, 9.17) is 9.31 Å². The van der Waals surface area contributed by atoms with E-state index in [1.807, 2.05) is 0 Å². The molecule has 3 nitrogen and oxygen atoms in total. The van der Waals surface area contributed by atoms with E-state index in [9.17, 15) is 0 Å². The number of benzene rings is 7. The minimum absolute atomic E-state index is 0.247. The molecule has 1 fully saturated rings. The van der Waals surface area contributed by atoms with Crippen molar-refractivity contribution in [3.05, 3.63) is 193 Å². The second kappa shape index (κ2) is 13.1. The van der Waals surface area contributed by atoms with E-state index in [2.05, 4.69) is 209 Å². The Morgan fingerprint density at radius 2 is 0.887 bits per heavy atom. The first-order valence-electron chi connectivity index (χ1n) is 18.6. The van der Waals surface area contributed by atoms with Crippen LogP contribution in [0.1, 0.15) is 50.3 Å². The van der Waals surface area contributed by atoms with Crippen molar-refractivity contribution in [1.29, 1.82) is 0 Å². The van der Waals surface area contributed by atoms with Gasteiger partial charge in [-0.15, -0.1) is 0 Å². The highest BCUT2D eigenvalue weighted by atomic mass is 16.7. The third-order valence-electron chi connectivity index (χ3n) is 11.4. The van der Waals surface area contributed by atoms with Gasteiger partial charge in [0.1, 0.15) is 0 Å². The van der Waals surface area contributed by atoms with Gasteiger partial charge in [-0.1, -0.05) is 133 Å². The molecule has 2 aliphatic rings. The molecule has 1 atom stereocenters. The second-order valence-corrected chi connectivity index (χ2v) is 15.2. The Labute approximate surface area is 313 Å². The Hall–Kier alpha value is -5.68. The fourth-order valence-electron chi connectivity index (χ4n) is 7.83. The molecule has 1 saturated heterocycles. The SMILES string of the molecule is CC1(C)OB(c2ccc(N(c3ccc(-c4ccccc4)cc3)c3ccc(-c4ccc5c(c4)-c4ccccc4C5c4ccccc4)cc3)cc2)OC1(C)C. The summed E-state index contributed by atoms with van der Waals surface area (Å²) in [5.41, 5.74) is 15.0. The Balaban J connectivity index is 1.06. The van der Waals surface area contributed by atoms with Crippen molar-refractivity contribution in [2.24, 2.45) is 0 Å². The van der Waals surface area contributed by atoms with Gasteiger partial charge in [0.25, 0.3) is 0 Å². The molecule has 258 valence electrons. The Kier molecular flexibility index (Phi) is 8.18. The Bertz CT molecular complexity index is 2370. The minimum Gasteiger partial charge on any atom is -0.399 e. The molecular formula is C49H42BNO2. The third-order valence-corrected chi connectivity index (χ3v) is 11.4. The van der Waals surface area contributed by atoms with Crippen LogP contribution in [0, 0.1) is 0 Å². The minimum atomic E-state index is -0.408. The molecule has 0 amide bonds. The van der Waals surface area contributed by atoms with Crippen LogP contribution in [-0.4, -0.2) is 18.3 Å². The smallest absolute Gasteiger partial charge is 0.399 e. The number of anilines is 3. The average molecular weight is 688 g/mol. The summed E-state index contributed by atoms with van der Waals surface area (Å²) < 4.78 is 12.7. The number of nitrogens with zero attached hydrogens (tertiary/aromatic N) is 1.